The van der Waals surface area contributed by atoms with Crippen LogP contribution in [0.4, 0.5) is 16.2 Å². The van der Waals surface area contributed by atoms with Gasteiger partial charge in [0, 0.05) is 28.8 Å². The van der Waals surface area contributed by atoms with Gasteiger partial charge in [-0.15, -0.1) is 0 Å². The number of hydrogen-bond donors (Lipinski definition) is 5. The number of rotatable bonds is 6. The van der Waals surface area contributed by atoms with Crippen LogP contribution in [0.5, 0.6) is 0 Å². The predicted molar refractivity (Wildman–Crippen MR) is 133 cm³/mol. The molecule has 1 aliphatic rings. The molecule has 9 nitrogen and oxygen atoms in total. The van der Waals surface area contributed by atoms with Crippen molar-refractivity contribution >= 4 is 71.0 Å². The van der Waals surface area contributed by atoms with Gasteiger partial charge in [-0.25, -0.2) is 4.79 Å². The zero-order valence-corrected chi connectivity index (χ0v) is 20.2. The second-order valence-electron chi connectivity index (χ2n) is 7.27. The van der Waals surface area contributed by atoms with E-state index in [1.165, 1.54) is 0 Å². The van der Waals surface area contributed by atoms with Crippen molar-refractivity contribution in [3.05, 3.63) is 67.6 Å². The number of urea groups is 1. The number of amides is 3. The van der Waals surface area contributed by atoms with Crippen LogP contribution in [0.3, 0.4) is 0 Å². The monoisotopic (exact) mass is 523 g/mol. The summed E-state index contributed by atoms with van der Waals surface area (Å²) in [5, 5.41) is 13.7. The van der Waals surface area contributed by atoms with Crippen molar-refractivity contribution in [3.8, 4) is 0 Å². The molecule has 33 heavy (non-hydrogen) atoms. The van der Waals surface area contributed by atoms with Gasteiger partial charge >= 0.3 is 6.03 Å². The Morgan fingerprint density at radius 1 is 1.06 bits per heavy atom. The Labute approximate surface area is 209 Å². The summed E-state index contributed by atoms with van der Waals surface area (Å²) in [6, 6.07) is 11.8. The fraction of sp³-hybridized carbons (Fsp3) is 0.200. The molecule has 1 unspecified atom stereocenters. The zero-order valence-electron chi connectivity index (χ0n) is 17.0. The Balaban J connectivity index is 1.38. The second kappa shape index (κ2) is 9.96. The molecule has 1 saturated heterocycles. The van der Waals surface area contributed by atoms with E-state index < -0.39 is 0 Å². The fourth-order valence-electron chi connectivity index (χ4n) is 3.50. The molecule has 172 valence electrons. The fourth-order valence-corrected chi connectivity index (χ4v) is 4.54. The summed E-state index contributed by atoms with van der Waals surface area (Å²) >= 11 is 22.5. The largest absolute Gasteiger partial charge is 0.336 e. The standard InChI is InChI=1S/C20H19Cl2N7O2S2/c21-12-7-13(22)9-15(8-12)29-16(10-17(30)27-29)11-1-3-14(4-2-11)24-18(31)23-5-6-28-19(32)25-26-20(28)33/h1-4,7-9,16H,5-6,10H2,(H,25,32)(H,26,33)(H,27,30)(H2,23,24,31). The third-order valence-electron chi connectivity index (χ3n) is 5.00. The molecule has 1 atom stereocenters. The van der Waals surface area contributed by atoms with E-state index in [-0.39, 0.29) is 24.4 Å². The van der Waals surface area contributed by atoms with Crippen LogP contribution in [0.25, 0.3) is 0 Å². The number of halogens is 2. The summed E-state index contributed by atoms with van der Waals surface area (Å²) in [6.45, 7) is 0.788. The number of anilines is 2. The third-order valence-corrected chi connectivity index (χ3v) is 6.08. The van der Waals surface area contributed by atoms with Gasteiger partial charge in [-0.05, 0) is 60.3 Å². The van der Waals surface area contributed by atoms with E-state index >= 15 is 0 Å². The van der Waals surface area contributed by atoms with Gasteiger partial charge in [0.25, 0.3) is 0 Å². The van der Waals surface area contributed by atoms with Crippen LogP contribution in [-0.2, 0) is 11.3 Å². The molecule has 0 saturated carbocycles. The molecule has 3 amide bonds. The molecule has 1 aliphatic heterocycles. The molecule has 4 rings (SSSR count). The lowest BCUT2D eigenvalue weighted by molar-refractivity contribution is -0.119. The van der Waals surface area contributed by atoms with Gasteiger partial charge in [-0.2, -0.15) is 0 Å². The van der Waals surface area contributed by atoms with Gasteiger partial charge in [0.2, 0.25) is 5.91 Å². The number of carbonyl (C=O) groups excluding carboxylic acids is 2. The highest BCUT2D eigenvalue weighted by atomic mass is 35.5. The number of nitrogens with zero attached hydrogens (tertiary/aromatic N) is 2. The van der Waals surface area contributed by atoms with Crippen molar-refractivity contribution < 1.29 is 9.59 Å². The minimum Gasteiger partial charge on any atom is -0.336 e. The van der Waals surface area contributed by atoms with Crippen LogP contribution in [0, 0.1) is 9.54 Å². The number of hydrogen-bond acceptors (Lipinski definition) is 5. The first-order valence-electron chi connectivity index (χ1n) is 9.87. The normalized spacial score (nSPS) is 15.4. The number of carbonyl (C=O) groups is 2. The van der Waals surface area contributed by atoms with E-state index in [1.54, 1.807) is 39.9 Å². The molecule has 0 aliphatic carbocycles. The average molecular weight is 524 g/mol. The molecule has 3 aromatic rings. The number of aromatic amines is 2. The first-order chi connectivity index (χ1) is 15.8. The Morgan fingerprint density at radius 2 is 1.70 bits per heavy atom. The second-order valence-corrected chi connectivity index (χ2v) is 8.91. The van der Waals surface area contributed by atoms with Crippen molar-refractivity contribution in [2.24, 2.45) is 0 Å². The Bertz CT molecular complexity index is 1250. The first kappa shape index (κ1) is 23.3. The molecular formula is C20H19Cl2N7O2S2. The highest BCUT2D eigenvalue weighted by molar-refractivity contribution is 7.72. The summed E-state index contributed by atoms with van der Waals surface area (Å²) in [6.07, 6.45) is 0.279. The predicted octanol–water partition coefficient (Wildman–Crippen LogP) is 4.71. The Kier molecular flexibility index (Phi) is 7.03. The Hall–Kier alpha value is -2.86. The highest BCUT2D eigenvalue weighted by Gasteiger charge is 2.32. The minimum absolute atomic E-state index is 0.111. The molecule has 0 bridgehead atoms. The SMILES string of the molecule is O=C1CC(c2ccc(NC(=O)NCCn3c(=S)[nH][nH]c3=S)cc2)N(c2cc(Cl)cc(Cl)c2)N1. The maximum atomic E-state index is 12.2. The highest BCUT2D eigenvalue weighted by Crippen LogP contribution is 2.35. The first-order valence-corrected chi connectivity index (χ1v) is 11.4. The number of H-pyrrole nitrogens is 2. The van der Waals surface area contributed by atoms with Crippen LogP contribution in [-0.4, -0.2) is 33.2 Å². The van der Waals surface area contributed by atoms with Crippen molar-refractivity contribution in [2.45, 2.75) is 19.0 Å². The summed E-state index contributed by atoms with van der Waals surface area (Å²) in [4.78, 5) is 24.3. The minimum atomic E-state index is -0.354. The van der Waals surface area contributed by atoms with Gasteiger partial charge in [-0.1, -0.05) is 35.3 Å². The van der Waals surface area contributed by atoms with Crippen molar-refractivity contribution in [1.82, 2.24) is 25.5 Å². The quantitative estimate of drug-likeness (QED) is 0.300. The van der Waals surface area contributed by atoms with Gasteiger partial charge in [0.1, 0.15) is 0 Å². The van der Waals surface area contributed by atoms with Gasteiger partial charge in [0.05, 0.1) is 18.2 Å². The summed E-state index contributed by atoms with van der Waals surface area (Å²) in [5.74, 6) is -0.111. The smallest absolute Gasteiger partial charge is 0.319 e. The summed E-state index contributed by atoms with van der Waals surface area (Å²) < 4.78 is 2.61. The van der Waals surface area contributed by atoms with Crippen molar-refractivity contribution in [1.29, 1.82) is 0 Å². The molecule has 5 N–H and O–H groups in total. The molecule has 13 heteroatoms. The maximum absolute atomic E-state index is 12.2. The van der Waals surface area contributed by atoms with E-state index in [4.69, 9.17) is 47.6 Å². The van der Waals surface area contributed by atoms with E-state index in [0.717, 1.165) is 5.56 Å². The topological polar surface area (TPSA) is 110 Å². The molecular weight excluding hydrogens is 505 g/mol. The zero-order chi connectivity index (χ0) is 23.5. The number of hydrazine groups is 1. The number of nitrogens with one attached hydrogen (secondary N) is 5. The lowest BCUT2D eigenvalue weighted by Crippen LogP contribution is -2.34. The van der Waals surface area contributed by atoms with Gasteiger partial charge < -0.3 is 10.6 Å². The molecule has 1 aromatic heterocycles. The van der Waals surface area contributed by atoms with E-state index in [0.29, 0.717) is 44.1 Å². The van der Waals surface area contributed by atoms with Crippen LogP contribution < -0.4 is 21.1 Å². The van der Waals surface area contributed by atoms with Gasteiger partial charge in [0.15, 0.2) is 9.54 Å². The number of benzene rings is 2. The van der Waals surface area contributed by atoms with Crippen molar-refractivity contribution in [3.63, 3.8) is 0 Å². The van der Waals surface area contributed by atoms with E-state index in [1.807, 2.05) is 12.1 Å². The molecule has 0 radical (unpaired) electrons. The average Bonchev–Trinajstić information content (AvgIpc) is 3.30. The van der Waals surface area contributed by atoms with E-state index in [2.05, 4.69) is 26.3 Å². The molecule has 2 aromatic carbocycles. The maximum Gasteiger partial charge on any atom is 0.319 e. The van der Waals surface area contributed by atoms with E-state index in [9.17, 15) is 9.59 Å². The molecule has 0 spiro atoms. The van der Waals surface area contributed by atoms with Crippen LogP contribution >= 0.6 is 47.6 Å². The molecule has 2 heterocycles. The summed E-state index contributed by atoms with van der Waals surface area (Å²) in [7, 11) is 0. The summed E-state index contributed by atoms with van der Waals surface area (Å²) in [5.41, 5.74) is 5.03. The lowest BCUT2D eigenvalue weighted by Gasteiger charge is -2.26. The number of aromatic nitrogens is 3. The van der Waals surface area contributed by atoms with Gasteiger partial charge in [-0.3, -0.25) is 30.0 Å². The lowest BCUT2D eigenvalue weighted by atomic mass is 10.0. The van der Waals surface area contributed by atoms with Crippen LogP contribution in [0.15, 0.2) is 42.5 Å². The third kappa shape index (κ3) is 5.56. The van der Waals surface area contributed by atoms with Crippen molar-refractivity contribution in [2.75, 3.05) is 16.9 Å². The Morgan fingerprint density at radius 3 is 2.33 bits per heavy atom. The van der Waals surface area contributed by atoms with Crippen LogP contribution in [0.1, 0.15) is 18.0 Å². The molecule has 1 fully saturated rings. The van der Waals surface area contributed by atoms with Crippen LogP contribution in [0.2, 0.25) is 10.0 Å².